The molecule has 190 valence electrons. The maximum Gasteiger partial charge on any atom is 0.408 e. The van der Waals surface area contributed by atoms with Gasteiger partial charge in [0.2, 0.25) is 5.91 Å². The van der Waals surface area contributed by atoms with E-state index in [-0.39, 0.29) is 12.3 Å². The van der Waals surface area contributed by atoms with E-state index in [1.54, 1.807) is 57.2 Å². The monoisotopic (exact) mass is 507 g/mol. The van der Waals surface area contributed by atoms with Crippen LogP contribution in [-0.2, 0) is 14.3 Å². The third-order valence-electron chi connectivity index (χ3n) is 5.15. The number of benzene rings is 2. The molecular weight excluding hydrogens is 474 g/mol. The molecule has 0 radical (unpaired) electrons. The van der Waals surface area contributed by atoms with Crippen molar-refractivity contribution in [2.75, 3.05) is 17.6 Å². The first-order valence-electron chi connectivity index (χ1n) is 11.5. The minimum absolute atomic E-state index is 0.0177. The molecule has 0 bridgehead atoms. The Bertz CT molecular complexity index is 1150. The number of hydrogen-bond donors (Lipinski definition) is 3. The number of amides is 3. The molecule has 36 heavy (non-hydrogen) atoms. The second kappa shape index (κ2) is 12.8. The van der Waals surface area contributed by atoms with Crippen LogP contribution in [-0.4, -0.2) is 46.7 Å². The lowest BCUT2D eigenvalue weighted by Crippen LogP contribution is -2.53. The number of terminal acetylenes is 1. The zero-order chi connectivity index (χ0) is 26.9. The van der Waals surface area contributed by atoms with Crippen molar-refractivity contribution in [2.45, 2.75) is 45.4 Å². The van der Waals surface area contributed by atoms with E-state index in [2.05, 4.69) is 35.8 Å². The number of carbonyl (C=O) groups is 3. The maximum atomic E-state index is 13.7. The number of nitrogens with one attached hydrogen (secondary N) is 2. The van der Waals surface area contributed by atoms with Crippen molar-refractivity contribution in [2.24, 2.45) is 0 Å². The molecule has 2 N–H and O–H groups in total. The molecule has 8 heteroatoms. The van der Waals surface area contributed by atoms with Crippen molar-refractivity contribution in [1.29, 1.82) is 0 Å². The minimum Gasteiger partial charge on any atom is -0.444 e. The van der Waals surface area contributed by atoms with Crippen LogP contribution in [0.4, 0.5) is 10.5 Å². The summed E-state index contributed by atoms with van der Waals surface area (Å²) in [5, 5.41) is 5.48. The number of thiol groups is 1. The van der Waals surface area contributed by atoms with Crippen LogP contribution in [0.2, 0.25) is 0 Å². The molecule has 0 aromatic heterocycles. The molecule has 0 spiro atoms. The van der Waals surface area contributed by atoms with Crippen molar-refractivity contribution < 1.29 is 19.1 Å². The Morgan fingerprint density at radius 2 is 1.81 bits per heavy atom. The average molecular weight is 508 g/mol. The van der Waals surface area contributed by atoms with Crippen molar-refractivity contribution in [3.8, 4) is 12.3 Å². The number of alkyl carbamates (subject to hydrolysis) is 1. The van der Waals surface area contributed by atoms with Crippen molar-refractivity contribution in [1.82, 2.24) is 10.2 Å². The third kappa shape index (κ3) is 7.65. The fourth-order valence-electron chi connectivity index (χ4n) is 3.53. The SMILES string of the molecule is C#Cc1ccccc1C(C(=O)Nc1ccccc1C)N(CC=C)C(=O)C(CS)NC(=O)OC(C)(C)C. The molecule has 2 rings (SSSR count). The first kappa shape index (κ1) is 28.5. The lowest BCUT2D eigenvalue weighted by Gasteiger charge is -2.34. The molecule has 2 unspecified atom stereocenters. The van der Waals surface area contributed by atoms with Gasteiger partial charge < -0.3 is 20.3 Å². The topological polar surface area (TPSA) is 87.7 Å². The van der Waals surface area contributed by atoms with E-state index >= 15 is 0 Å². The van der Waals surface area contributed by atoms with Gasteiger partial charge in [-0.1, -0.05) is 48.4 Å². The van der Waals surface area contributed by atoms with E-state index in [9.17, 15) is 14.4 Å². The van der Waals surface area contributed by atoms with Gasteiger partial charge >= 0.3 is 6.09 Å². The maximum absolute atomic E-state index is 13.7. The Kier molecular flexibility index (Phi) is 10.2. The van der Waals surface area contributed by atoms with Gasteiger partial charge in [-0.3, -0.25) is 9.59 Å². The molecule has 2 aromatic carbocycles. The first-order valence-corrected chi connectivity index (χ1v) is 12.1. The summed E-state index contributed by atoms with van der Waals surface area (Å²) < 4.78 is 5.30. The second-order valence-electron chi connectivity index (χ2n) is 9.10. The Morgan fingerprint density at radius 1 is 1.17 bits per heavy atom. The van der Waals surface area contributed by atoms with E-state index in [1.807, 2.05) is 19.1 Å². The van der Waals surface area contributed by atoms with Gasteiger partial charge in [0.05, 0.1) is 0 Å². The standard InChI is InChI=1S/C28H33N3O4S/c1-7-17-31(26(33)23(18-36)30-27(34)35-28(4,5)6)24(21-15-11-10-14-20(21)8-2)25(32)29-22-16-12-9-13-19(22)3/h2,7,9-16,23-24,36H,1,17-18H2,3-6H3,(H,29,32)(H,30,34). The van der Waals surface area contributed by atoms with Gasteiger partial charge in [0.25, 0.3) is 5.91 Å². The summed E-state index contributed by atoms with van der Waals surface area (Å²) in [6.45, 7) is 10.8. The normalized spacial score (nSPS) is 12.4. The summed E-state index contributed by atoms with van der Waals surface area (Å²) >= 11 is 4.27. The van der Waals surface area contributed by atoms with Crippen LogP contribution in [0.1, 0.15) is 43.5 Å². The summed E-state index contributed by atoms with van der Waals surface area (Å²) in [5.41, 5.74) is 1.64. The molecule has 7 nitrogen and oxygen atoms in total. The number of nitrogens with zero attached hydrogens (tertiary/aromatic N) is 1. The predicted octanol–water partition coefficient (Wildman–Crippen LogP) is 4.49. The Balaban J connectivity index is 2.52. The summed E-state index contributed by atoms with van der Waals surface area (Å²) in [5.74, 6) is 1.58. The van der Waals surface area contributed by atoms with E-state index in [4.69, 9.17) is 11.2 Å². The molecule has 3 amide bonds. The van der Waals surface area contributed by atoms with E-state index in [1.165, 1.54) is 11.0 Å². The minimum atomic E-state index is -1.11. The summed E-state index contributed by atoms with van der Waals surface area (Å²) in [6.07, 6.45) is 6.48. The van der Waals surface area contributed by atoms with E-state index < -0.39 is 35.6 Å². The Hall–Kier alpha value is -3.70. The number of para-hydroxylation sites is 1. The summed E-state index contributed by atoms with van der Waals surface area (Å²) in [6, 6.07) is 12.1. The van der Waals surface area contributed by atoms with Gasteiger partial charge in [-0.15, -0.1) is 13.0 Å². The van der Waals surface area contributed by atoms with E-state index in [0.29, 0.717) is 16.8 Å². The fourth-order valence-corrected chi connectivity index (χ4v) is 3.78. The van der Waals surface area contributed by atoms with Crippen molar-refractivity contribution in [3.05, 3.63) is 77.9 Å². The highest BCUT2D eigenvalue weighted by Gasteiger charge is 2.36. The molecule has 0 saturated carbocycles. The van der Waals surface area contributed by atoms with Gasteiger partial charge in [0.1, 0.15) is 17.7 Å². The van der Waals surface area contributed by atoms with E-state index in [0.717, 1.165) is 5.56 Å². The molecule has 0 aliphatic heterocycles. The smallest absolute Gasteiger partial charge is 0.408 e. The van der Waals surface area contributed by atoms with Crippen LogP contribution in [0.25, 0.3) is 0 Å². The number of ether oxygens (including phenoxy) is 1. The zero-order valence-corrected chi connectivity index (χ0v) is 22.0. The summed E-state index contributed by atoms with van der Waals surface area (Å²) in [7, 11) is 0. The van der Waals surface area contributed by atoms with Crippen molar-refractivity contribution in [3.63, 3.8) is 0 Å². The molecule has 0 fully saturated rings. The van der Waals surface area contributed by atoms with Crippen LogP contribution in [0.3, 0.4) is 0 Å². The van der Waals surface area contributed by atoms with Crippen LogP contribution in [0.5, 0.6) is 0 Å². The lowest BCUT2D eigenvalue weighted by molar-refractivity contribution is -0.139. The van der Waals surface area contributed by atoms with Crippen LogP contribution < -0.4 is 10.6 Å². The molecule has 2 atom stereocenters. The molecule has 0 saturated heterocycles. The highest BCUT2D eigenvalue weighted by molar-refractivity contribution is 7.80. The highest BCUT2D eigenvalue weighted by atomic mass is 32.1. The predicted molar refractivity (Wildman–Crippen MR) is 146 cm³/mol. The number of carbonyl (C=O) groups excluding carboxylic acids is 3. The number of rotatable bonds is 9. The molecule has 0 aliphatic rings. The Labute approximate surface area is 218 Å². The van der Waals surface area contributed by atoms with Gasteiger partial charge in [0.15, 0.2) is 0 Å². The Morgan fingerprint density at radius 3 is 2.39 bits per heavy atom. The molecular formula is C28H33N3O4S. The van der Waals surface area contributed by atoms with Crippen LogP contribution in [0, 0.1) is 19.3 Å². The van der Waals surface area contributed by atoms with Crippen LogP contribution in [0.15, 0.2) is 61.2 Å². The van der Waals surface area contributed by atoms with Gasteiger partial charge in [-0.05, 0) is 51.0 Å². The van der Waals surface area contributed by atoms with Crippen molar-refractivity contribution >= 4 is 36.2 Å². The van der Waals surface area contributed by atoms with Gasteiger partial charge in [0, 0.05) is 23.5 Å². The number of aryl methyl sites for hydroxylation is 1. The van der Waals surface area contributed by atoms with Gasteiger partial charge in [-0.2, -0.15) is 12.6 Å². The first-order chi connectivity index (χ1) is 17.0. The quantitative estimate of drug-likeness (QED) is 0.265. The summed E-state index contributed by atoms with van der Waals surface area (Å²) in [4.78, 5) is 41.2. The average Bonchev–Trinajstić information content (AvgIpc) is 2.82. The highest BCUT2D eigenvalue weighted by Crippen LogP contribution is 2.28. The molecule has 0 aliphatic carbocycles. The number of hydrogen-bond acceptors (Lipinski definition) is 5. The third-order valence-corrected chi connectivity index (χ3v) is 5.52. The lowest BCUT2D eigenvalue weighted by atomic mass is 9.97. The molecule has 2 aromatic rings. The van der Waals surface area contributed by atoms with Crippen LogP contribution >= 0.6 is 12.6 Å². The zero-order valence-electron chi connectivity index (χ0n) is 21.1. The number of anilines is 1. The largest absolute Gasteiger partial charge is 0.444 e. The second-order valence-corrected chi connectivity index (χ2v) is 9.46. The molecule has 0 heterocycles. The fraction of sp³-hybridized carbons (Fsp3) is 0.321. The van der Waals surface area contributed by atoms with Gasteiger partial charge in [-0.25, -0.2) is 4.79 Å².